The van der Waals surface area contributed by atoms with E-state index in [0.29, 0.717) is 11.4 Å². The molecule has 22 heavy (non-hydrogen) atoms. The maximum atomic E-state index is 13.0. The molecule has 2 aromatic rings. The summed E-state index contributed by atoms with van der Waals surface area (Å²) >= 11 is 0. The second-order valence-electron chi connectivity index (χ2n) is 5.00. The lowest BCUT2D eigenvalue weighted by Gasteiger charge is -2.20. The van der Waals surface area contributed by atoms with Crippen LogP contribution in [0, 0.1) is 12.7 Å². The van der Waals surface area contributed by atoms with Gasteiger partial charge in [0.05, 0.1) is 0 Å². The van der Waals surface area contributed by atoms with Crippen molar-refractivity contribution in [3.8, 4) is 0 Å². The summed E-state index contributed by atoms with van der Waals surface area (Å²) in [6.45, 7) is 3.19. The third-order valence-electron chi connectivity index (χ3n) is 3.16. The highest BCUT2D eigenvalue weighted by Crippen LogP contribution is 2.15. The molecule has 5 heteroatoms. The molecule has 0 bridgehead atoms. The van der Waals surface area contributed by atoms with Gasteiger partial charge in [-0.15, -0.1) is 0 Å². The minimum atomic E-state index is -0.392. The zero-order valence-corrected chi connectivity index (χ0v) is 12.5. The molecule has 0 aliphatic carbocycles. The number of carbonyl (C=O) groups excluding carboxylic acids is 2. The summed E-state index contributed by atoms with van der Waals surface area (Å²) in [5.74, 6) is -0.995. The zero-order valence-electron chi connectivity index (χ0n) is 12.5. The zero-order chi connectivity index (χ0) is 16.1. The molecule has 2 amide bonds. The quantitative estimate of drug-likeness (QED) is 0.943. The number of hydrogen-bond acceptors (Lipinski definition) is 2. The van der Waals surface area contributed by atoms with E-state index in [4.69, 9.17) is 0 Å². The van der Waals surface area contributed by atoms with Gasteiger partial charge < -0.3 is 10.2 Å². The Balaban J connectivity index is 2.07. The van der Waals surface area contributed by atoms with Crippen LogP contribution in [-0.2, 0) is 9.59 Å². The minimum absolute atomic E-state index is 0.130. The molecule has 4 nitrogen and oxygen atoms in total. The van der Waals surface area contributed by atoms with E-state index in [2.05, 4.69) is 5.32 Å². The lowest BCUT2D eigenvalue weighted by Crippen LogP contribution is -2.36. The molecular formula is C17H17FN2O2. The van der Waals surface area contributed by atoms with Crippen LogP contribution in [0.25, 0.3) is 0 Å². The van der Waals surface area contributed by atoms with Gasteiger partial charge in [-0.25, -0.2) is 4.39 Å². The van der Waals surface area contributed by atoms with Crippen LogP contribution in [0.2, 0.25) is 0 Å². The standard InChI is InChI=1S/C17H17FN2O2/c1-12-3-7-15(8-4-12)19-17(22)11-20(13(2)21)16-9-5-14(18)6-10-16/h3-10H,11H2,1-2H3,(H,19,22). The van der Waals surface area contributed by atoms with Crippen molar-refractivity contribution >= 4 is 23.2 Å². The number of rotatable bonds is 4. The predicted octanol–water partition coefficient (Wildman–Crippen LogP) is 3.13. The van der Waals surface area contributed by atoms with Gasteiger partial charge in [0.1, 0.15) is 12.4 Å². The lowest BCUT2D eigenvalue weighted by atomic mass is 10.2. The number of amides is 2. The van der Waals surface area contributed by atoms with E-state index in [1.807, 2.05) is 19.1 Å². The molecule has 0 aliphatic heterocycles. The summed E-state index contributed by atoms with van der Waals surface area (Å²) in [4.78, 5) is 25.1. The molecule has 0 unspecified atom stereocenters. The normalized spacial score (nSPS) is 10.1. The van der Waals surface area contributed by atoms with Crippen LogP contribution in [0.3, 0.4) is 0 Å². The van der Waals surface area contributed by atoms with Crippen molar-refractivity contribution in [2.75, 3.05) is 16.8 Å². The summed E-state index contributed by atoms with van der Waals surface area (Å²) < 4.78 is 13.0. The lowest BCUT2D eigenvalue weighted by molar-refractivity contribution is -0.120. The monoisotopic (exact) mass is 300 g/mol. The Hall–Kier alpha value is -2.69. The Morgan fingerprint density at radius 2 is 1.64 bits per heavy atom. The topological polar surface area (TPSA) is 49.4 Å². The number of hydrogen-bond donors (Lipinski definition) is 1. The summed E-state index contributed by atoms with van der Waals surface area (Å²) in [7, 11) is 0. The van der Waals surface area contributed by atoms with Crippen LogP contribution in [-0.4, -0.2) is 18.4 Å². The van der Waals surface area contributed by atoms with Gasteiger partial charge in [0, 0.05) is 18.3 Å². The Bertz CT molecular complexity index is 666. The van der Waals surface area contributed by atoms with Gasteiger partial charge in [-0.05, 0) is 43.3 Å². The summed E-state index contributed by atoms with van der Waals surface area (Å²) in [5, 5.41) is 2.73. The van der Waals surface area contributed by atoms with Crippen molar-refractivity contribution in [3.63, 3.8) is 0 Å². The van der Waals surface area contributed by atoms with Crippen molar-refractivity contribution < 1.29 is 14.0 Å². The fourth-order valence-corrected chi connectivity index (χ4v) is 1.99. The fourth-order valence-electron chi connectivity index (χ4n) is 1.99. The molecule has 0 atom stereocenters. The highest BCUT2D eigenvalue weighted by molar-refractivity contribution is 6.01. The summed E-state index contributed by atoms with van der Waals surface area (Å²) in [6, 6.07) is 12.8. The number of halogens is 1. The van der Waals surface area contributed by atoms with E-state index in [-0.39, 0.29) is 18.4 Å². The third kappa shape index (κ3) is 4.15. The Labute approximate surface area is 128 Å². The van der Waals surface area contributed by atoms with Gasteiger partial charge in [0.2, 0.25) is 11.8 Å². The van der Waals surface area contributed by atoms with Crippen LogP contribution in [0.5, 0.6) is 0 Å². The van der Waals surface area contributed by atoms with Crippen molar-refractivity contribution in [1.82, 2.24) is 0 Å². The number of anilines is 2. The fraction of sp³-hybridized carbons (Fsp3) is 0.176. The first kappa shape index (κ1) is 15.7. The Morgan fingerprint density at radius 1 is 1.05 bits per heavy atom. The molecule has 0 aliphatic rings. The maximum absolute atomic E-state index is 13.0. The Morgan fingerprint density at radius 3 is 2.18 bits per heavy atom. The molecule has 0 spiro atoms. The number of carbonyl (C=O) groups is 2. The highest BCUT2D eigenvalue weighted by atomic mass is 19.1. The first-order valence-electron chi connectivity index (χ1n) is 6.86. The number of aryl methyl sites for hydroxylation is 1. The third-order valence-corrected chi connectivity index (χ3v) is 3.16. The van der Waals surface area contributed by atoms with Gasteiger partial charge in [-0.2, -0.15) is 0 Å². The smallest absolute Gasteiger partial charge is 0.244 e. The van der Waals surface area contributed by atoms with Gasteiger partial charge in [-0.1, -0.05) is 17.7 Å². The van der Waals surface area contributed by atoms with Crippen molar-refractivity contribution in [3.05, 3.63) is 59.9 Å². The van der Waals surface area contributed by atoms with Crippen LogP contribution >= 0.6 is 0 Å². The SMILES string of the molecule is CC(=O)N(CC(=O)Nc1ccc(C)cc1)c1ccc(F)cc1. The van der Waals surface area contributed by atoms with Gasteiger partial charge in [-0.3, -0.25) is 9.59 Å². The molecule has 114 valence electrons. The molecule has 1 N–H and O–H groups in total. The van der Waals surface area contributed by atoms with Crippen LogP contribution < -0.4 is 10.2 Å². The van der Waals surface area contributed by atoms with E-state index in [9.17, 15) is 14.0 Å². The largest absolute Gasteiger partial charge is 0.325 e. The van der Waals surface area contributed by atoms with Crippen molar-refractivity contribution in [1.29, 1.82) is 0 Å². The number of benzene rings is 2. The molecule has 0 radical (unpaired) electrons. The molecular weight excluding hydrogens is 283 g/mol. The second-order valence-corrected chi connectivity index (χ2v) is 5.00. The van der Waals surface area contributed by atoms with E-state index in [1.165, 1.54) is 36.1 Å². The molecule has 0 aromatic heterocycles. The first-order chi connectivity index (χ1) is 10.5. The van der Waals surface area contributed by atoms with Crippen LogP contribution in [0.15, 0.2) is 48.5 Å². The molecule has 0 heterocycles. The first-order valence-corrected chi connectivity index (χ1v) is 6.86. The molecule has 2 aromatic carbocycles. The van der Waals surface area contributed by atoms with Crippen molar-refractivity contribution in [2.45, 2.75) is 13.8 Å². The average molecular weight is 300 g/mol. The van der Waals surface area contributed by atoms with E-state index >= 15 is 0 Å². The van der Waals surface area contributed by atoms with Crippen LogP contribution in [0.1, 0.15) is 12.5 Å². The van der Waals surface area contributed by atoms with E-state index in [0.717, 1.165) is 5.56 Å². The van der Waals surface area contributed by atoms with Gasteiger partial charge in [0.25, 0.3) is 0 Å². The summed E-state index contributed by atoms with van der Waals surface area (Å²) in [6.07, 6.45) is 0. The number of nitrogens with zero attached hydrogens (tertiary/aromatic N) is 1. The molecule has 0 saturated heterocycles. The maximum Gasteiger partial charge on any atom is 0.244 e. The second kappa shape index (κ2) is 6.85. The van der Waals surface area contributed by atoms with E-state index in [1.54, 1.807) is 12.1 Å². The average Bonchev–Trinajstić information content (AvgIpc) is 2.48. The molecule has 0 fully saturated rings. The summed E-state index contributed by atoms with van der Waals surface area (Å²) in [5.41, 5.74) is 2.24. The number of nitrogens with one attached hydrogen (secondary N) is 1. The Kier molecular flexibility index (Phi) is 4.88. The highest BCUT2D eigenvalue weighted by Gasteiger charge is 2.15. The predicted molar refractivity (Wildman–Crippen MR) is 84.2 cm³/mol. The van der Waals surface area contributed by atoms with Gasteiger partial charge in [0.15, 0.2) is 0 Å². The van der Waals surface area contributed by atoms with Crippen molar-refractivity contribution in [2.24, 2.45) is 0 Å². The minimum Gasteiger partial charge on any atom is -0.325 e. The van der Waals surface area contributed by atoms with Gasteiger partial charge >= 0.3 is 0 Å². The molecule has 2 rings (SSSR count). The van der Waals surface area contributed by atoms with E-state index < -0.39 is 5.82 Å². The van der Waals surface area contributed by atoms with Crippen LogP contribution in [0.4, 0.5) is 15.8 Å². The molecule has 0 saturated carbocycles.